The standard InChI is InChI=1S/C22H22N2O4/c1-4-8-21(25)28-19-12-11-16(14-20(19)27-3)13-18-15(2)23-24(22(18)26)17-9-6-5-7-10-17/h5-7,9-14H,4,8H2,1-3H3/b18-13-. The molecule has 6 nitrogen and oxygen atoms in total. The van der Waals surface area contributed by atoms with E-state index in [0.29, 0.717) is 41.3 Å². The van der Waals surface area contributed by atoms with Crippen LogP contribution in [0.1, 0.15) is 32.3 Å². The second-order valence-electron chi connectivity index (χ2n) is 6.33. The van der Waals surface area contributed by atoms with Gasteiger partial charge in [-0.25, -0.2) is 0 Å². The highest BCUT2D eigenvalue weighted by Gasteiger charge is 2.28. The lowest BCUT2D eigenvalue weighted by atomic mass is 10.1. The van der Waals surface area contributed by atoms with E-state index in [-0.39, 0.29) is 11.9 Å². The fourth-order valence-corrected chi connectivity index (χ4v) is 2.83. The number of benzene rings is 2. The molecule has 0 aromatic heterocycles. The fourth-order valence-electron chi connectivity index (χ4n) is 2.83. The number of carbonyl (C=O) groups excluding carboxylic acids is 2. The molecule has 0 spiro atoms. The van der Waals surface area contributed by atoms with Crippen molar-refractivity contribution in [2.45, 2.75) is 26.7 Å². The number of para-hydroxylation sites is 1. The molecule has 0 aliphatic carbocycles. The van der Waals surface area contributed by atoms with Crippen LogP contribution in [0.3, 0.4) is 0 Å². The molecule has 1 aliphatic heterocycles. The maximum Gasteiger partial charge on any atom is 0.311 e. The van der Waals surface area contributed by atoms with Gasteiger partial charge in [0.15, 0.2) is 11.5 Å². The van der Waals surface area contributed by atoms with E-state index in [1.807, 2.05) is 37.3 Å². The second kappa shape index (κ2) is 8.52. The summed E-state index contributed by atoms with van der Waals surface area (Å²) in [6.45, 7) is 3.71. The van der Waals surface area contributed by atoms with Gasteiger partial charge in [-0.05, 0) is 49.2 Å². The van der Waals surface area contributed by atoms with Crippen LogP contribution in [0.25, 0.3) is 6.08 Å². The van der Waals surface area contributed by atoms with Crippen LogP contribution < -0.4 is 14.5 Å². The Morgan fingerprint density at radius 3 is 2.57 bits per heavy atom. The monoisotopic (exact) mass is 378 g/mol. The normalized spacial score (nSPS) is 15.0. The van der Waals surface area contributed by atoms with Crippen molar-refractivity contribution in [3.05, 3.63) is 59.7 Å². The molecule has 0 saturated heterocycles. The molecule has 0 bridgehead atoms. The third-order valence-electron chi connectivity index (χ3n) is 4.24. The summed E-state index contributed by atoms with van der Waals surface area (Å²) in [6.07, 6.45) is 2.81. The van der Waals surface area contributed by atoms with Crippen LogP contribution >= 0.6 is 0 Å². The molecule has 1 aliphatic rings. The van der Waals surface area contributed by atoms with Gasteiger partial charge in [0.1, 0.15) is 0 Å². The highest BCUT2D eigenvalue weighted by molar-refractivity contribution is 6.32. The summed E-state index contributed by atoms with van der Waals surface area (Å²) in [7, 11) is 1.51. The van der Waals surface area contributed by atoms with Gasteiger partial charge in [0.05, 0.1) is 24.1 Å². The van der Waals surface area contributed by atoms with Crippen LogP contribution in [0, 0.1) is 0 Å². The number of ether oxygens (including phenoxy) is 2. The molecule has 0 unspecified atom stereocenters. The van der Waals surface area contributed by atoms with Crippen molar-refractivity contribution in [1.29, 1.82) is 0 Å². The van der Waals surface area contributed by atoms with E-state index in [2.05, 4.69) is 5.10 Å². The van der Waals surface area contributed by atoms with Crippen molar-refractivity contribution < 1.29 is 19.1 Å². The molecule has 1 heterocycles. The van der Waals surface area contributed by atoms with E-state index >= 15 is 0 Å². The van der Waals surface area contributed by atoms with Crippen LogP contribution in [-0.2, 0) is 9.59 Å². The van der Waals surface area contributed by atoms with Crippen molar-refractivity contribution in [3.8, 4) is 11.5 Å². The topological polar surface area (TPSA) is 68.2 Å². The van der Waals surface area contributed by atoms with Crippen LogP contribution in [0.5, 0.6) is 11.5 Å². The SMILES string of the molecule is CCCC(=O)Oc1ccc(/C=C2\C(=O)N(c3ccccc3)N=C2C)cc1OC. The van der Waals surface area contributed by atoms with Crippen molar-refractivity contribution in [1.82, 2.24) is 0 Å². The number of amides is 1. The molecule has 0 N–H and O–H groups in total. The molecule has 1 amide bonds. The molecule has 0 saturated carbocycles. The maximum absolute atomic E-state index is 12.8. The number of anilines is 1. The van der Waals surface area contributed by atoms with Gasteiger partial charge in [-0.3, -0.25) is 9.59 Å². The summed E-state index contributed by atoms with van der Waals surface area (Å²) in [5, 5.41) is 5.76. The Hall–Kier alpha value is -3.41. The Labute approximate surface area is 164 Å². The van der Waals surface area contributed by atoms with Crippen LogP contribution in [0.4, 0.5) is 5.69 Å². The lowest BCUT2D eigenvalue weighted by molar-refractivity contribution is -0.134. The summed E-state index contributed by atoms with van der Waals surface area (Å²) in [4.78, 5) is 24.5. The zero-order chi connectivity index (χ0) is 20.1. The number of rotatable bonds is 6. The number of carbonyl (C=O) groups is 2. The minimum Gasteiger partial charge on any atom is -0.493 e. The summed E-state index contributed by atoms with van der Waals surface area (Å²) in [5.74, 6) is 0.288. The average Bonchev–Trinajstić information content (AvgIpc) is 2.98. The fraction of sp³-hybridized carbons (Fsp3) is 0.227. The molecule has 6 heteroatoms. The molecular weight excluding hydrogens is 356 g/mol. The number of nitrogens with zero attached hydrogens (tertiary/aromatic N) is 2. The largest absolute Gasteiger partial charge is 0.493 e. The van der Waals surface area contributed by atoms with E-state index in [1.54, 1.807) is 31.2 Å². The summed E-state index contributed by atoms with van der Waals surface area (Å²) in [6, 6.07) is 14.4. The molecule has 0 radical (unpaired) electrons. The first-order valence-corrected chi connectivity index (χ1v) is 9.09. The van der Waals surface area contributed by atoms with Gasteiger partial charge in [0, 0.05) is 6.42 Å². The minimum atomic E-state index is -0.306. The number of methoxy groups -OCH3 is 1. The molecule has 0 atom stereocenters. The average molecular weight is 378 g/mol. The van der Waals surface area contributed by atoms with Crippen molar-refractivity contribution in [2.24, 2.45) is 5.10 Å². The van der Waals surface area contributed by atoms with E-state index in [9.17, 15) is 9.59 Å². The first kappa shape index (κ1) is 19.4. The second-order valence-corrected chi connectivity index (χ2v) is 6.33. The third kappa shape index (κ3) is 4.11. The number of hydrazone groups is 1. The van der Waals surface area contributed by atoms with E-state index in [1.165, 1.54) is 12.1 Å². The Morgan fingerprint density at radius 1 is 1.14 bits per heavy atom. The summed E-state index contributed by atoms with van der Waals surface area (Å²) in [5.41, 5.74) is 2.60. The van der Waals surface area contributed by atoms with E-state index < -0.39 is 0 Å². The predicted octanol–water partition coefficient (Wildman–Crippen LogP) is 4.21. The molecule has 2 aromatic carbocycles. The van der Waals surface area contributed by atoms with Gasteiger partial charge in [0.2, 0.25) is 0 Å². The molecule has 144 valence electrons. The number of hydrogen-bond acceptors (Lipinski definition) is 5. The van der Waals surface area contributed by atoms with Gasteiger partial charge in [-0.2, -0.15) is 10.1 Å². The van der Waals surface area contributed by atoms with Crippen LogP contribution in [0.2, 0.25) is 0 Å². The highest BCUT2D eigenvalue weighted by Crippen LogP contribution is 2.31. The Bertz CT molecular complexity index is 948. The molecule has 28 heavy (non-hydrogen) atoms. The Morgan fingerprint density at radius 2 is 1.89 bits per heavy atom. The summed E-state index contributed by atoms with van der Waals surface area (Å²) >= 11 is 0. The maximum atomic E-state index is 12.8. The number of hydrogen-bond donors (Lipinski definition) is 0. The lowest BCUT2D eigenvalue weighted by Crippen LogP contribution is -2.21. The zero-order valence-corrected chi connectivity index (χ0v) is 16.1. The summed E-state index contributed by atoms with van der Waals surface area (Å²) < 4.78 is 10.7. The Kier molecular flexibility index (Phi) is 5.89. The zero-order valence-electron chi connectivity index (χ0n) is 16.1. The van der Waals surface area contributed by atoms with Gasteiger partial charge in [0.25, 0.3) is 5.91 Å². The van der Waals surface area contributed by atoms with Gasteiger partial charge >= 0.3 is 5.97 Å². The first-order chi connectivity index (χ1) is 13.5. The van der Waals surface area contributed by atoms with Crippen LogP contribution in [0.15, 0.2) is 59.2 Å². The minimum absolute atomic E-state index is 0.193. The van der Waals surface area contributed by atoms with Gasteiger partial charge in [-0.15, -0.1) is 0 Å². The smallest absolute Gasteiger partial charge is 0.311 e. The van der Waals surface area contributed by atoms with Gasteiger partial charge < -0.3 is 9.47 Å². The van der Waals surface area contributed by atoms with Crippen LogP contribution in [-0.4, -0.2) is 24.7 Å². The van der Waals surface area contributed by atoms with Crippen molar-refractivity contribution in [2.75, 3.05) is 12.1 Å². The third-order valence-corrected chi connectivity index (χ3v) is 4.24. The molecule has 0 fully saturated rings. The Balaban J connectivity index is 1.86. The first-order valence-electron chi connectivity index (χ1n) is 9.09. The van der Waals surface area contributed by atoms with E-state index in [4.69, 9.17) is 9.47 Å². The predicted molar refractivity (Wildman–Crippen MR) is 109 cm³/mol. The molecule has 3 rings (SSSR count). The van der Waals surface area contributed by atoms with Crippen molar-refractivity contribution in [3.63, 3.8) is 0 Å². The van der Waals surface area contributed by atoms with Crippen molar-refractivity contribution >= 4 is 29.4 Å². The molecule has 2 aromatic rings. The van der Waals surface area contributed by atoms with E-state index in [0.717, 1.165) is 5.56 Å². The quantitative estimate of drug-likeness (QED) is 0.429. The number of esters is 1. The highest BCUT2D eigenvalue weighted by atomic mass is 16.6. The lowest BCUT2D eigenvalue weighted by Gasteiger charge is -2.11. The molecular formula is C22H22N2O4. The van der Waals surface area contributed by atoms with Gasteiger partial charge in [-0.1, -0.05) is 31.2 Å².